The second kappa shape index (κ2) is 4.28. The lowest BCUT2D eigenvalue weighted by Crippen LogP contribution is -2.49. The summed E-state index contributed by atoms with van der Waals surface area (Å²) in [5, 5.41) is 4.22. The van der Waals surface area contributed by atoms with Gasteiger partial charge in [0.1, 0.15) is 12.2 Å². The molecule has 1 fully saturated rings. The molecule has 0 spiro atoms. The van der Waals surface area contributed by atoms with Crippen molar-refractivity contribution >= 4 is 0 Å². The Balaban J connectivity index is 1.91. The topological polar surface area (TPSA) is 60.0 Å². The van der Waals surface area contributed by atoms with Crippen LogP contribution in [-0.2, 0) is 6.54 Å². The van der Waals surface area contributed by atoms with Crippen molar-refractivity contribution in [3.05, 3.63) is 12.2 Å². The van der Waals surface area contributed by atoms with Crippen molar-refractivity contribution in [3.8, 4) is 0 Å². The summed E-state index contributed by atoms with van der Waals surface area (Å²) in [5.41, 5.74) is 5.59. The Bertz CT molecular complexity index is 313. The second-order valence-corrected chi connectivity index (χ2v) is 4.51. The molecule has 2 heterocycles. The summed E-state index contributed by atoms with van der Waals surface area (Å²) < 4.78 is 1.98. The zero-order valence-electron chi connectivity index (χ0n) is 9.43. The molecule has 0 atom stereocenters. The Morgan fingerprint density at radius 1 is 1.53 bits per heavy atom. The van der Waals surface area contributed by atoms with Crippen LogP contribution in [-0.4, -0.2) is 39.3 Å². The lowest BCUT2D eigenvalue weighted by Gasteiger charge is -2.38. The highest BCUT2D eigenvalue weighted by atomic mass is 15.4. The SMILES string of the molecule is CC(C)n1ncnc1CN1CC(CN)C1. The first-order valence-electron chi connectivity index (χ1n) is 5.51. The third kappa shape index (κ3) is 2.18. The van der Waals surface area contributed by atoms with E-state index in [0.717, 1.165) is 32.0 Å². The molecule has 1 aliphatic heterocycles. The summed E-state index contributed by atoms with van der Waals surface area (Å²) in [6, 6.07) is 0.383. The van der Waals surface area contributed by atoms with Gasteiger partial charge in [-0.3, -0.25) is 4.90 Å². The molecule has 0 aromatic carbocycles. The predicted molar refractivity (Wildman–Crippen MR) is 58.2 cm³/mol. The normalized spacial score (nSPS) is 18.4. The van der Waals surface area contributed by atoms with E-state index in [1.54, 1.807) is 6.33 Å². The van der Waals surface area contributed by atoms with Gasteiger partial charge in [0.25, 0.3) is 0 Å². The van der Waals surface area contributed by atoms with Crippen molar-refractivity contribution in [3.63, 3.8) is 0 Å². The Labute approximate surface area is 90.3 Å². The maximum Gasteiger partial charge on any atom is 0.141 e. The molecule has 1 aliphatic rings. The van der Waals surface area contributed by atoms with Gasteiger partial charge >= 0.3 is 0 Å². The Hall–Kier alpha value is -0.940. The van der Waals surface area contributed by atoms with Crippen LogP contribution >= 0.6 is 0 Å². The van der Waals surface area contributed by atoms with Gasteiger partial charge in [0, 0.05) is 19.1 Å². The first kappa shape index (κ1) is 10.6. The molecule has 2 N–H and O–H groups in total. The van der Waals surface area contributed by atoms with E-state index in [2.05, 4.69) is 28.8 Å². The molecule has 5 heteroatoms. The molecule has 2 rings (SSSR count). The summed E-state index contributed by atoms with van der Waals surface area (Å²) in [7, 11) is 0. The van der Waals surface area contributed by atoms with E-state index >= 15 is 0 Å². The van der Waals surface area contributed by atoms with Crippen LogP contribution in [0, 0.1) is 5.92 Å². The molecule has 0 unspecified atom stereocenters. The standard InChI is InChI=1S/C10H19N5/c1-8(2)15-10(12-7-13-15)6-14-4-9(3-11)5-14/h7-9H,3-6,11H2,1-2H3. The van der Waals surface area contributed by atoms with Gasteiger partial charge in [-0.15, -0.1) is 0 Å². The number of hydrogen-bond acceptors (Lipinski definition) is 4. The first-order chi connectivity index (χ1) is 7.20. The van der Waals surface area contributed by atoms with Gasteiger partial charge in [0.2, 0.25) is 0 Å². The van der Waals surface area contributed by atoms with Crippen molar-refractivity contribution in [1.82, 2.24) is 19.7 Å². The highest BCUT2D eigenvalue weighted by Gasteiger charge is 2.26. The smallest absolute Gasteiger partial charge is 0.141 e. The number of nitrogens with two attached hydrogens (primary N) is 1. The number of likely N-dealkylation sites (tertiary alicyclic amines) is 1. The molecule has 0 bridgehead atoms. The van der Waals surface area contributed by atoms with E-state index in [4.69, 9.17) is 5.73 Å². The van der Waals surface area contributed by atoms with Crippen LogP contribution in [0.3, 0.4) is 0 Å². The van der Waals surface area contributed by atoms with Crippen LogP contribution in [0.25, 0.3) is 0 Å². The molecule has 0 aliphatic carbocycles. The minimum Gasteiger partial charge on any atom is -0.330 e. The molecule has 5 nitrogen and oxygen atoms in total. The average molecular weight is 209 g/mol. The largest absolute Gasteiger partial charge is 0.330 e. The highest BCUT2D eigenvalue weighted by molar-refractivity contribution is 4.90. The van der Waals surface area contributed by atoms with Gasteiger partial charge in [-0.1, -0.05) is 0 Å². The van der Waals surface area contributed by atoms with Gasteiger partial charge in [0.05, 0.1) is 6.54 Å². The molecule has 15 heavy (non-hydrogen) atoms. The number of nitrogens with zero attached hydrogens (tertiary/aromatic N) is 4. The Morgan fingerprint density at radius 3 is 2.87 bits per heavy atom. The Morgan fingerprint density at radius 2 is 2.27 bits per heavy atom. The molecule has 84 valence electrons. The van der Waals surface area contributed by atoms with Gasteiger partial charge in [0.15, 0.2) is 0 Å². The molecular weight excluding hydrogens is 190 g/mol. The van der Waals surface area contributed by atoms with Gasteiger partial charge < -0.3 is 5.73 Å². The summed E-state index contributed by atoms with van der Waals surface area (Å²) in [6.45, 7) is 8.14. The molecule has 0 radical (unpaired) electrons. The van der Waals surface area contributed by atoms with Crippen molar-refractivity contribution in [2.45, 2.75) is 26.4 Å². The van der Waals surface area contributed by atoms with Crippen LogP contribution in [0.15, 0.2) is 6.33 Å². The van der Waals surface area contributed by atoms with E-state index in [-0.39, 0.29) is 0 Å². The van der Waals surface area contributed by atoms with E-state index in [9.17, 15) is 0 Å². The third-order valence-corrected chi connectivity index (χ3v) is 2.87. The third-order valence-electron chi connectivity index (χ3n) is 2.87. The summed E-state index contributed by atoms with van der Waals surface area (Å²) in [5.74, 6) is 1.74. The fraction of sp³-hybridized carbons (Fsp3) is 0.800. The molecular formula is C10H19N5. The summed E-state index contributed by atoms with van der Waals surface area (Å²) >= 11 is 0. The van der Waals surface area contributed by atoms with Crippen LogP contribution < -0.4 is 5.73 Å². The van der Waals surface area contributed by atoms with E-state index in [1.807, 2.05) is 4.68 Å². The molecule has 0 saturated carbocycles. The molecule has 0 amide bonds. The minimum absolute atomic E-state index is 0.383. The molecule has 1 aromatic rings. The van der Waals surface area contributed by atoms with Crippen LogP contribution in [0.5, 0.6) is 0 Å². The lowest BCUT2D eigenvalue weighted by atomic mass is 10.0. The number of aromatic nitrogens is 3. The van der Waals surface area contributed by atoms with Crippen LogP contribution in [0.4, 0.5) is 0 Å². The maximum absolute atomic E-state index is 5.59. The summed E-state index contributed by atoms with van der Waals surface area (Å²) in [6.07, 6.45) is 1.63. The average Bonchev–Trinajstić information content (AvgIpc) is 2.58. The van der Waals surface area contributed by atoms with Crippen molar-refractivity contribution in [1.29, 1.82) is 0 Å². The highest BCUT2D eigenvalue weighted by Crippen LogP contribution is 2.17. The van der Waals surface area contributed by atoms with Crippen molar-refractivity contribution < 1.29 is 0 Å². The van der Waals surface area contributed by atoms with E-state index < -0.39 is 0 Å². The maximum atomic E-state index is 5.59. The number of hydrogen-bond donors (Lipinski definition) is 1. The zero-order valence-corrected chi connectivity index (χ0v) is 9.43. The lowest BCUT2D eigenvalue weighted by molar-refractivity contribution is 0.0926. The quantitative estimate of drug-likeness (QED) is 0.772. The Kier molecular flexibility index (Phi) is 3.02. The zero-order chi connectivity index (χ0) is 10.8. The van der Waals surface area contributed by atoms with Gasteiger partial charge in [-0.2, -0.15) is 5.10 Å². The molecule has 1 saturated heterocycles. The van der Waals surface area contributed by atoms with Gasteiger partial charge in [-0.05, 0) is 26.3 Å². The second-order valence-electron chi connectivity index (χ2n) is 4.51. The van der Waals surface area contributed by atoms with E-state index in [0.29, 0.717) is 12.0 Å². The van der Waals surface area contributed by atoms with Crippen molar-refractivity contribution in [2.75, 3.05) is 19.6 Å². The first-order valence-corrected chi connectivity index (χ1v) is 5.51. The van der Waals surface area contributed by atoms with Crippen molar-refractivity contribution in [2.24, 2.45) is 11.7 Å². The van der Waals surface area contributed by atoms with Gasteiger partial charge in [-0.25, -0.2) is 9.67 Å². The van der Waals surface area contributed by atoms with Crippen LogP contribution in [0.1, 0.15) is 25.7 Å². The molecule has 1 aromatic heterocycles. The monoisotopic (exact) mass is 209 g/mol. The van der Waals surface area contributed by atoms with Crippen LogP contribution in [0.2, 0.25) is 0 Å². The fourth-order valence-electron chi connectivity index (χ4n) is 1.97. The predicted octanol–water partition coefficient (Wildman–Crippen LogP) is 0.250. The summed E-state index contributed by atoms with van der Waals surface area (Å²) in [4.78, 5) is 6.65. The van der Waals surface area contributed by atoms with E-state index in [1.165, 1.54) is 0 Å². The fourth-order valence-corrected chi connectivity index (χ4v) is 1.97. The number of rotatable bonds is 4. The minimum atomic E-state index is 0.383.